The Hall–Kier alpha value is -2.24. The zero-order valence-corrected chi connectivity index (χ0v) is 12.3. The van der Waals surface area contributed by atoms with Crippen LogP contribution < -0.4 is 9.64 Å². The van der Waals surface area contributed by atoms with E-state index in [4.69, 9.17) is 9.84 Å². The number of amides is 2. The van der Waals surface area contributed by atoms with Crippen molar-refractivity contribution in [1.82, 2.24) is 4.90 Å². The van der Waals surface area contributed by atoms with Crippen LogP contribution in [0.3, 0.4) is 0 Å². The van der Waals surface area contributed by atoms with E-state index in [0.717, 1.165) is 12.8 Å². The molecule has 0 aromatic heterocycles. The molecule has 0 aliphatic heterocycles. The minimum absolute atomic E-state index is 0.274. The van der Waals surface area contributed by atoms with E-state index in [1.165, 1.54) is 9.80 Å². The van der Waals surface area contributed by atoms with Crippen LogP contribution in [-0.4, -0.2) is 49.3 Å². The summed E-state index contributed by atoms with van der Waals surface area (Å²) in [6.07, 6.45) is 2.12. The molecule has 0 atom stereocenters. The van der Waals surface area contributed by atoms with Gasteiger partial charge in [-0.05, 0) is 30.9 Å². The van der Waals surface area contributed by atoms with Crippen LogP contribution in [0.1, 0.15) is 12.8 Å². The average Bonchev–Trinajstić information content (AvgIpc) is 3.28. The van der Waals surface area contributed by atoms with E-state index < -0.39 is 5.97 Å². The lowest BCUT2D eigenvalue weighted by Crippen LogP contribution is -2.44. The topological polar surface area (TPSA) is 70.1 Å². The number of anilines is 1. The maximum absolute atomic E-state index is 12.5. The van der Waals surface area contributed by atoms with Gasteiger partial charge in [0.05, 0.1) is 7.11 Å². The monoisotopic (exact) mass is 292 g/mol. The fraction of sp³-hybridized carbons (Fsp3) is 0.467. The van der Waals surface area contributed by atoms with Gasteiger partial charge in [-0.25, -0.2) is 4.79 Å². The number of carbonyl (C=O) groups is 2. The second-order valence-electron chi connectivity index (χ2n) is 5.26. The zero-order chi connectivity index (χ0) is 15.4. The minimum atomic E-state index is -0.997. The maximum atomic E-state index is 12.5. The molecule has 0 unspecified atom stereocenters. The lowest BCUT2D eigenvalue weighted by atomic mass is 10.3. The summed E-state index contributed by atoms with van der Waals surface area (Å²) in [6, 6.07) is 6.81. The van der Waals surface area contributed by atoms with Crippen molar-refractivity contribution in [1.29, 1.82) is 0 Å². The molecule has 21 heavy (non-hydrogen) atoms. The summed E-state index contributed by atoms with van der Waals surface area (Å²) >= 11 is 0. The molecule has 2 rings (SSSR count). The van der Waals surface area contributed by atoms with Crippen molar-refractivity contribution in [2.45, 2.75) is 12.8 Å². The Balaban J connectivity index is 2.11. The summed E-state index contributed by atoms with van der Waals surface area (Å²) in [5.41, 5.74) is 0.672. The molecule has 114 valence electrons. The molecule has 1 aromatic rings. The Labute approximate surface area is 123 Å². The summed E-state index contributed by atoms with van der Waals surface area (Å²) in [5.74, 6) is 0.0918. The molecule has 1 aliphatic carbocycles. The number of benzene rings is 1. The Bertz CT molecular complexity index is 528. The Morgan fingerprint density at radius 3 is 2.67 bits per heavy atom. The van der Waals surface area contributed by atoms with Crippen molar-refractivity contribution in [3.05, 3.63) is 24.3 Å². The minimum Gasteiger partial charge on any atom is -0.497 e. The molecule has 1 aliphatic rings. The number of methoxy groups -OCH3 is 1. The van der Waals surface area contributed by atoms with Gasteiger partial charge in [0.2, 0.25) is 0 Å². The lowest BCUT2D eigenvalue weighted by molar-refractivity contribution is -0.137. The predicted octanol–water partition coefficient (Wildman–Crippen LogP) is 2.05. The first-order chi connectivity index (χ1) is 10.0. The molecule has 1 saturated carbocycles. The molecule has 0 heterocycles. The van der Waals surface area contributed by atoms with Crippen LogP contribution in [0.25, 0.3) is 0 Å². The van der Waals surface area contributed by atoms with E-state index in [9.17, 15) is 9.59 Å². The van der Waals surface area contributed by atoms with Gasteiger partial charge < -0.3 is 14.7 Å². The first-order valence-electron chi connectivity index (χ1n) is 6.89. The highest BCUT2D eigenvalue weighted by Gasteiger charge is 2.29. The van der Waals surface area contributed by atoms with E-state index in [0.29, 0.717) is 23.9 Å². The first-order valence-corrected chi connectivity index (χ1v) is 6.89. The summed E-state index contributed by atoms with van der Waals surface area (Å²) in [6.45, 7) is 0.225. The molecule has 1 fully saturated rings. The molecule has 0 radical (unpaired) electrons. The molecule has 1 N–H and O–H groups in total. The number of nitrogens with zero attached hydrogens (tertiary/aromatic N) is 2. The number of hydrogen-bond acceptors (Lipinski definition) is 3. The number of ether oxygens (including phenoxy) is 1. The third kappa shape index (κ3) is 4.11. The maximum Gasteiger partial charge on any atom is 0.324 e. The number of carboxylic acid groups (broad SMARTS) is 1. The van der Waals surface area contributed by atoms with Crippen LogP contribution >= 0.6 is 0 Å². The third-order valence-corrected chi connectivity index (χ3v) is 3.50. The van der Waals surface area contributed by atoms with E-state index >= 15 is 0 Å². The van der Waals surface area contributed by atoms with Crippen LogP contribution in [0.2, 0.25) is 0 Å². The Morgan fingerprint density at radius 2 is 2.10 bits per heavy atom. The Morgan fingerprint density at radius 1 is 1.38 bits per heavy atom. The van der Waals surface area contributed by atoms with Gasteiger partial charge in [-0.1, -0.05) is 6.07 Å². The first kappa shape index (κ1) is 15.2. The molecule has 0 bridgehead atoms. The van der Waals surface area contributed by atoms with Crippen molar-refractivity contribution >= 4 is 17.7 Å². The van der Waals surface area contributed by atoms with Crippen molar-refractivity contribution in [2.75, 3.05) is 32.1 Å². The van der Waals surface area contributed by atoms with Gasteiger partial charge in [-0.15, -0.1) is 0 Å². The number of hydrogen-bond donors (Lipinski definition) is 1. The lowest BCUT2D eigenvalue weighted by Gasteiger charge is -2.27. The standard InChI is InChI=1S/C15H20N2O4/c1-16(12-4-3-5-13(8-12)21-2)15(20)17(10-14(18)19)9-11-6-7-11/h3-5,8,11H,6-7,9-10H2,1-2H3,(H,18,19). The second-order valence-corrected chi connectivity index (χ2v) is 5.26. The largest absolute Gasteiger partial charge is 0.497 e. The number of carbonyl (C=O) groups excluding carboxylic acids is 1. The molecular formula is C15H20N2O4. The smallest absolute Gasteiger partial charge is 0.324 e. The molecular weight excluding hydrogens is 272 g/mol. The van der Waals surface area contributed by atoms with E-state index in [1.807, 2.05) is 0 Å². The molecule has 1 aromatic carbocycles. The highest BCUT2D eigenvalue weighted by Crippen LogP contribution is 2.30. The van der Waals surface area contributed by atoms with Gasteiger partial charge in [0, 0.05) is 25.3 Å². The van der Waals surface area contributed by atoms with Crippen molar-refractivity contribution in [3.63, 3.8) is 0 Å². The molecule has 0 spiro atoms. The summed E-state index contributed by atoms with van der Waals surface area (Å²) in [5, 5.41) is 8.97. The summed E-state index contributed by atoms with van der Waals surface area (Å²) in [7, 11) is 3.20. The number of rotatable bonds is 6. The normalized spacial score (nSPS) is 13.6. The van der Waals surface area contributed by atoms with Crippen LogP contribution in [0.5, 0.6) is 5.75 Å². The predicted molar refractivity (Wildman–Crippen MR) is 78.7 cm³/mol. The zero-order valence-electron chi connectivity index (χ0n) is 12.3. The third-order valence-electron chi connectivity index (χ3n) is 3.50. The highest BCUT2D eigenvalue weighted by molar-refractivity contribution is 5.93. The van der Waals surface area contributed by atoms with Crippen LogP contribution in [-0.2, 0) is 4.79 Å². The SMILES string of the molecule is COc1cccc(N(C)C(=O)N(CC(=O)O)CC2CC2)c1. The van der Waals surface area contributed by atoms with Crippen LogP contribution in [0.4, 0.5) is 10.5 Å². The van der Waals surface area contributed by atoms with E-state index in [-0.39, 0.29) is 12.6 Å². The van der Waals surface area contributed by atoms with Crippen LogP contribution in [0, 0.1) is 5.92 Å². The number of carboxylic acids is 1. The average molecular weight is 292 g/mol. The van der Waals surface area contributed by atoms with E-state index in [2.05, 4.69) is 0 Å². The highest BCUT2D eigenvalue weighted by atomic mass is 16.5. The Kier molecular flexibility index (Phi) is 4.67. The summed E-state index contributed by atoms with van der Waals surface area (Å²) < 4.78 is 5.14. The molecule has 6 nitrogen and oxygen atoms in total. The van der Waals surface area contributed by atoms with Gasteiger partial charge in [0.15, 0.2) is 0 Å². The number of aliphatic carboxylic acids is 1. The second kappa shape index (κ2) is 6.47. The van der Waals surface area contributed by atoms with Gasteiger partial charge in [0.25, 0.3) is 0 Å². The number of urea groups is 1. The van der Waals surface area contributed by atoms with Gasteiger partial charge in [0.1, 0.15) is 12.3 Å². The summed E-state index contributed by atoms with van der Waals surface area (Å²) in [4.78, 5) is 26.3. The van der Waals surface area contributed by atoms with Crippen molar-refractivity contribution < 1.29 is 19.4 Å². The molecule has 6 heteroatoms. The fourth-order valence-corrected chi connectivity index (χ4v) is 2.13. The van der Waals surface area contributed by atoms with Crippen molar-refractivity contribution in [2.24, 2.45) is 5.92 Å². The van der Waals surface area contributed by atoms with Crippen molar-refractivity contribution in [3.8, 4) is 5.75 Å². The molecule has 2 amide bonds. The van der Waals surface area contributed by atoms with Gasteiger partial charge in [-0.3, -0.25) is 9.69 Å². The quantitative estimate of drug-likeness (QED) is 0.871. The van der Waals surface area contributed by atoms with E-state index in [1.54, 1.807) is 38.4 Å². The van der Waals surface area contributed by atoms with Gasteiger partial charge >= 0.3 is 12.0 Å². The molecule has 0 saturated heterocycles. The fourth-order valence-electron chi connectivity index (χ4n) is 2.13. The van der Waals surface area contributed by atoms with Gasteiger partial charge in [-0.2, -0.15) is 0 Å². The van der Waals surface area contributed by atoms with Crippen LogP contribution in [0.15, 0.2) is 24.3 Å².